The molecule has 0 aliphatic rings. The van der Waals surface area contributed by atoms with Gasteiger partial charge < -0.3 is 10.1 Å². The third kappa shape index (κ3) is 6.57. The highest BCUT2D eigenvalue weighted by atomic mass is 16.5. The van der Waals surface area contributed by atoms with Crippen LogP contribution in [0.25, 0.3) is 0 Å². The summed E-state index contributed by atoms with van der Waals surface area (Å²) >= 11 is 0. The van der Waals surface area contributed by atoms with Crippen LogP contribution in [0.4, 0.5) is 0 Å². The maximum Gasteiger partial charge on any atom is 0.302 e. The average Bonchev–Trinajstić information content (AvgIpc) is 1.97. The number of carbonyl (C=O) groups excluding carboxylic acids is 2. The fourth-order valence-corrected chi connectivity index (χ4v) is 0.441. The zero-order valence-electron chi connectivity index (χ0n) is 6.42. The van der Waals surface area contributed by atoms with Gasteiger partial charge in [-0.3, -0.25) is 9.59 Å². The summed E-state index contributed by atoms with van der Waals surface area (Å²) in [5.74, 6) is -0.616. The molecule has 0 aliphatic heterocycles. The topological polar surface area (TPSA) is 55.4 Å². The van der Waals surface area contributed by atoms with Gasteiger partial charge in [-0.05, 0) is 6.08 Å². The van der Waals surface area contributed by atoms with Crippen LogP contribution in [-0.2, 0) is 14.3 Å². The summed E-state index contributed by atoms with van der Waals surface area (Å²) in [5, 5.41) is 2.45. The fourth-order valence-electron chi connectivity index (χ4n) is 0.441. The Morgan fingerprint density at radius 2 is 2.27 bits per heavy atom. The molecule has 0 saturated carbocycles. The van der Waals surface area contributed by atoms with Crippen molar-refractivity contribution in [2.45, 2.75) is 6.92 Å². The van der Waals surface area contributed by atoms with Gasteiger partial charge in [0.15, 0.2) is 0 Å². The molecule has 1 amide bonds. The van der Waals surface area contributed by atoms with Gasteiger partial charge in [-0.1, -0.05) is 6.58 Å². The summed E-state index contributed by atoms with van der Waals surface area (Å²) in [5.41, 5.74) is 0. The molecule has 0 rings (SSSR count). The van der Waals surface area contributed by atoms with E-state index in [1.165, 1.54) is 6.92 Å². The number of nitrogens with one attached hydrogen (secondary N) is 1. The Bertz CT molecular complexity index is 165. The first kappa shape index (κ1) is 9.68. The summed E-state index contributed by atoms with van der Waals surface area (Å²) in [6, 6.07) is 0. The van der Waals surface area contributed by atoms with Gasteiger partial charge in [-0.25, -0.2) is 0 Å². The molecular weight excluding hydrogens is 146 g/mol. The van der Waals surface area contributed by atoms with Gasteiger partial charge in [0, 0.05) is 6.92 Å². The number of carbonyl (C=O) groups is 2. The van der Waals surface area contributed by atoms with Crippen LogP contribution < -0.4 is 5.32 Å². The molecule has 0 unspecified atom stereocenters. The van der Waals surface area contributed by atoms with Crippen LogP contribution in [0.5, 0.6) is 0 Å². The predicted molar refractivity (Wildman–Crippen MR) is 39.8 cm³/mol. The van der Waals surface area contributed by atoms with Crippen LogP contribution in [0.15, 0.2) is 12.7 Å². The van der Waals surface area contributed by atoms with E-state index in [0.717, 1.165) is 6.08 Å². The quantitative estimate of drug-likeness (QED) is 0.351. The molecule has 11 heavy (non-hydrogen) atoms. The van der Waals surface area contributed by atoms with Crippen LogP contribution in [0.3, 0.4) is 0 Å². The molecule has 0 aliphatic carbocycles. The summed E-state index contributed by atoms with van der Waals surface area (Å²) in [6.07, 6.45) is 1.16. The molecule has 0 aromatic heterocycles. The van der Waals surface area contributed by atoms with Crippen molar-refractivity contribution in [1.29, 1.82) is 0 Å². The first-order valence-corrected chi connectivity index (χ1v) is 3.20. The molecule has 0 heterocycles. The summed E-state index contributed by atoms with van der Waals surface area (Å²) < 4.78 is 4.55. The monoisotopic (exact) mass is 157 g/mol. The van der Waals surface area contributed by atoms with Gasteiger partial charge >= 0.3 is 5.97 Å². The van der Waals surface area contributed by atoms with Crippen molar-refractivity contribution in [2.24, 2.45) is 0 Å². The van der Waals surface area contributed by atoms with E-state index in [-0.39, 0.29) is 18.5 Å². The maximum atomic E-state index is 10.5. The third-order valence-corrected chi connectivity index (χ3v) is 0.892. The Kier molecular flexibility index (Phi) is 4.81. The van der Waals surface area contributed by atoms with Crippen molar-refractivity contribution < 1.29 is 14.3 Å². The minimum atomic E-state index is -0.349. The van der Waals surface area contributed by atoms with Crippen LogP contribution in [0.1, 0.15) is 6.92 Å². The normalized spacial score (nSPS) is 8.45. The van der Waals surface area contributed by atoms with E-state index >= 15 is 0 Å². The van der Waals surface area contributed by atoms with Gasteiger partial charge in [0.2, 0.25) is 5.91 Å². The highest BCUT2D eigenvalue weighted by Crippen LogP contribution is 1.74. The van der Waals surface area contributed by atoms with Crippen molar-refractivity contribution in [1.82, 2.24) is 5.32 Å². The zero-order chi connectivity index (χ0) is 8.69. The number of amides is 1. The van der Waals surface area contributed by atoms with E-state index in [2.05, 4.69) is 16.6 Å². The summed E-state index contributed by atoms with van der Waals surface area (Å²) in [4.78, 5) is 20.7. The van der Waals surface area contributed by atoms with E-state index in [0.29, 0.717) is 6.54 Å². The molecule has 62 valence electrons. The second kappa shape index (κ2) is 5.46. The Balaban J connectivity index is 3.21. The van der Waals surface area contributed by atoms with E-state index in [1.807, 2.05) is 0 Å². The van der Waals surface area contributed by atoms with Gasteiger partial charge in [-0.2, -0.15) is 0 Å². The second-order valence-corrected chi connectivity index (χ2v) is 1.84. The SMILES string of the molecule is C=CC(=O)NCCOC(C)=O. The standard InChI is InChI=1S/C7H11NO3/c1-3-7(10)8-4-5-11-6(2)9/h3H,1,4-5H2,2H3,(H,8,10). The first-order valence-electron chi connectivity index (χ1n) is 3.20. The molecule has 0 atom stereocenters. The van der Waals surface area contributed by atoms with Gasteiger partial charge in [0.25, 0.3) is 0 Å². The Morgan fingerprint density at radius 1 is 1.64 bits per heavy atom. The molecule has 4 heteroatoms. The Morgan fingerprint density at radius 3 is 2.73 bits per heavy atom. The first-order chi connectivity index (χ1) is 5.16. The molecule has 0 aromatic rings. The smallest absolute Gasteiger partial charge is 0.302 e. The van der Waals surface area contributed by atoms with E-state index in [4.69, 9.17) is 0 Å². The highest BCUT2D eigenvalue weighted by molar-refractivity contribution is 5.86. The molecule has 1 N–H and O–H groups in total. The molecule has 0 spiro atoms. The maximum absolute atomic E-state index is 10.5. The van der Waals surface area contributed by atoms with Gasteiger partial charge in [0.05, 0.1) is 6.54 Å². The lowest BCUT2D eigenvalue weighted by atomic mass is 10.5. The van der Waals surface area contributed by atoms with Crippen LogP contribution >= 0.6 is 0 Å². The molecule has 0 aromatic carbocycles. The predicted octanol–water partition coefficient (Wildman–Crippen LogP) is -0.148. The van der Waals surface area contributed by atoms with Crippen molar-refractivity contribution in [3.8, 4) is 0 Å². The lowest BCUT2D eigenvalue weighted by molar-refractivity contribution is -0.141. The Labute approximate surface area is 65.2 Å². The lowest BCUT2D eigenvalue weighted by Crippen LogP contribution is -2.25. The van der Waals surface area contributed by atoms with Crippen molar-refractivity contribution in [3.05, 3.63) is 12.7 Å². The van der Waals surface area contributed by atoms with Crippen molar-refractivity contribution in [3.63, 3.8) is 0 Å². The molecule has 0 bridgehead atoms. The number of rotatable bonds is 4. The molecule has 0 fully saturated rings. The van der Waals surface area contributed by atoms with Crippen LogP contribution in [0.2, 0.25) is 0 Å². The van der Waals surface area contributed by atoms with E-state index < -0.39 is 0 Å². The van der Waals surface area contributed by atoms with Gasteiger partial charge in [0.1, 0.15) is 6.61 Å². The van der Waals surface area contributed by atoms with Crippen LogP contribution in [0, 0.1) is 0 Å². The summed E-state index contributed by atoms with van der Waals surface area (Å²) in [6.45, 7) is 5.10. The molecule has 0 saturated heterocycles. The largest absolute Gasteiger partial charge is 0.464 e. The van der Waals surface area contributed by atoms with E-state index in [9.17, 15) is 9.59 Å². The third-order valence-electron chi connectivity index (χ3n) is 0.892. The second-order valence-electron chi connectivity index (χ2n) is 1.84. The number of hydrogen-bond donors (Lipinski definition) is 1. The average molecular weight is 157 g/mol. The van der Waals surface area contributed by atoms with Crippen molar-refractivity contribution >= 4 is 11.9 Å². The Hall–Kier alpha value is -1.32. The number of esters is 1. The molecule has 0 radical (unpaired) electrons. The number of hydrogen-bond acceptors (Lipinski definition) is 3. The lowest BCUT2D eigenvalue weighted by Gasteiger charge is -2.01. The minimum absolute atomic E-state index is 0.203. The van der Waals surface area contributed by atoms with Gasteiger partial charge in [-0.15, -0.1) is 0 Å². The highest BCUT2D eigenvalue weighted by Gasteiger charge is 1.93. The van der Waals surface area contributed by atoms with E-state index in [1.54, 1.807) is 0 Å². The van der Waals surface area contributed by atoms with Crippen LogP contribution in [-0.4, -0.2) is 25.0 Å². The van der Waals surface area contributed by atoms with Crippen molar-refractivity contribution in [2.75, 3.05) is 13.2 Å². The molecular formula is C7H11NO3. The minimum Gasteiger partial charge on any atom is -0.464 e. The number of ether oxygens (including phenoxy) is 1. The zero-order valence-corrected chi connectivity index (χ0v) is 6.42. The summed E-state index contributed by atoms with van der Waals surface area (Å²) in [7, 11) is 0. The fraction of sp³-hybridized carbons (Fsp3) is 0.429. The molecule has 4 nitrogen and oxygen atoms in total.